The van der Waals surface area contributed by atoms with Crippen LogP contribution in [0.5, 0.6) is 0 Å². The fourth-order valence-corrected chi connectivity index (χ4v) is 4.38. The molecule has 2 aliphatic rings. The molecule has 2 fully saturated rings. The van der Waals surface area contributed by atoms with Gasteiger partial charge in [-0.3, -0.25) is 0 Å². The second-order valence-corrected chi connectivity index (χ2v) is 8.28. The Balaban J connectivity index is 1.69. The lowest BCUT2D eigenvalue weighted by Crippen LogP contribution is -2.48. The van der Waals surface area contributed by atoms with Crippen LogP contribution in [0.1, 0.15) is 66.7 Å². The van der Waals surface area contributed by atoms with Crippen molar-refractivity contribution >= 4 is 0 Å². The van der Waals surface area contributed by atoms with Crippen LogP contribution in [0.2, 0.25) is 0 Å². The molecule has 0 aromatic rings. The maximum atomic E-state index is 2.80. The fourth-order valence-electron chi connectivity index (χ4n) is 4.38. The molecule has 0 N–H and O–H groups in total. The van der Waals surface area contributed by atoms with Crippen LogP contribution in [-0.4, -0.2) is 48.1 Å². The van der Waals surface area contributed by atoms with Crippen molar-refractivity contribution in [1.82, 2.24) is 9.80 Å². The number of rotatable bonds is 7. The molecule has 0 aromatic heterocycles. The molecule has 0 aromatic carbocycles. The van der Waals surface area contributed by atoms with E-state index in [2.05, 4.69) is 44.4 Å². The third-order valence-electron chi connectivity index (χ3n) is 5.81. The first-order chi connectivity index (χ1) is 9.99. The molecule has 2 nitrogen and oxygen atoms in total. The third kappa shape index (κ3) is 4.96. The summed E-state index contributed by atoms with van der Waals surface area (Å²) in [5.41, 5.74) is 0. The zero-order chi connectivity index (χ0) is 15.4. The fraction of sp³-hybridized carbons (Fsp3) is 1.00. The van der Waals surface area contributed by atoms with Gasteiger partial charge in [-0.2, -0.15) is 0 Å². The smallest absolute Gasteiger partial charge is 0.0101 e. The highest BCUT2D eigenvalue weighted by Crippen LogP contribution is 2.37. The summed E-state index contributed by atoms with van der Waals surface area (Å²) in [5, 5.41) is 0. The summed E-state index contributed by atoms with van der Waals surface area (Å²) in [7, 11) is 0. The summed E-state index contributed by atoms with van der Waals surface area (Å²) in [6, 6.07) is 1.64. The second-order valence-electron chi connectivity index (χ2n) is 8.28. The molecule has 0 spiro atoms. The maximum absolute atomic E-state index is 2.80. The van der Waals surface area contributed by atoms with Gasteiger partial charge in [-0.05, 0) is 83.3 Å². The number of piperidine rings is 1. The highest BCUT2D eigenvalue weighted by Gasteiger charge is 2.34. The lowest BCUT2D eigenvalue weighted by atomic mass is 9.74. The lowest BCUT2D eigenvalue weighted by molar-refractivity contribution is 0.0443. The summed E-state index contributed by atoms with van der Waals surface area (Å²) in [6.45, 7) is 17.0. The van der Waals surface area contributed by atoms with Gasteiger partial charge in [0.2, 0.25) is 0 Å². The third-order valence-corrected chi connectivity index (χ3v) is 5.81. The van der Waals surface area contributed by atoms with Crippen LogP contribution in [0.4, 0.5) is 0 Å². The molecular formula is C19H38N2. The minimum absolute atomic E-state index is 0.733. The summed E-state index contributed by atoms with van der Waals surface area (Å²) < 4.78 is 0. The first-order valence-corrected chi connectivity index (χ1v) is 9.47. The van der Waals surface area contributed by atoms with Gasteiger partial charge < -0.3 is 9.80 Å². The van der Waals surface area contributed by atoms with Gasteiger partial charge in [0.1, 0.15) is 0 Å². The molecule has 1 saturated heterocycles. The average Bonchev–Trinajstić information content (AvgIpc) is 2.40. The Morgan fingerprint density at radius 1 is 1.00 bits per heavy atom. The van der Waals surface area contributed by atoms with E-state index in [0.29, 0.717) is 0 Å². The van der Waals surface area contributed by atoms with E-state index >= 15 is 0 Å². The molecule has 1 heterocycles. The normalized spacial score (nSPS) is 28.6. The zero-order valence-electron chi connectivity index (χ0n) is 15.1. The molecule has 0 radical (unpaired) electrons. The van der Waals surface area contributed by atoms with E-state index in [1.165, 1.54) is 58.3 Å². The van der Waals surface area contributed by atoms with Crippen molar-refractivity contribution < 1.29 is 0 Å². The van der Waals surface area contributed by atoms with Crippen LogP contribution in [0, 0.1) is 17.8 Å². The quantitative estimate of drug-likeness (QED) is 0.692. The summed E-state index contributed by atoms with van der Waals surface area (Å²) in [6.07, 6.45) is 7.21. The van der Waals surface area contributed by atoms with Crippen LogP contribution >= 0.6 is 0 Å². The predicted molar refractivity (Wildman–Crippen MR) is 92.6 cm³/mol. The SMILES string of the molecule is CCN(CC1CCN(C(C)C)CC1)C1CC(CC(C)C)C1. The Kier molecular flexibility index (Phi) is 6.55. The monoisotopic (exact) mass is 294 g/mol. The maximum Gasteiger partial charge on any atom is 0.0101 e. The van der Waals surface area contributed by atoms with E-state index < -0.39 is 0 Å². The molecular weight excluding hydrogens is 256 g/mol. The van der Waals surface area contributed by atoms with Gasteiger partial charge in [-0.25, -0.2) is 0 Å². The molecule has 1 aliphatic heterocycles. The Hall–Kier alpha value is -0.0800. The van der Waals surface area contributed by atoms with Crippen molar-refractivity contribution in [2.75, 3.05) is 26.2 Å². The Morgan fingerprint density at radius 3 is 2.10 bits per heavy atom. The van der Waals surface area contributed by atoms with Gasteiger partial charge in [-0.1, -0.05) is 20.8 Å². The van der Waals surface area contributed by atoms with Crippen LogP contribution in [0.25, 0.3) is 0 Å². The minimum atomic E-state index is 0.733. The minimum Gasteiger partial charge on any atom is -0.301 e. The molecule has 0 atom stereocenters. The van der Waals surface area contributed by atoms with Gasteiger partial charge in [0.05, 0.1) is 0 Å². The van der Waals surface area contributed by atoms with E-state index in [1.54, 1.807) is 0 Å². The number of hydrogen-bond acceptors (Lipinski definition) is 2. The van der Waals surface area contributed by atoms with E-state index in [0.717, 1.165) is 29.8 Å². The molecule has 124 valence electrons. The van der Waals surface area contributed by atoms with Crippen LogP contribution in [0.3, 0.4) is 0 Å². The predicted octanol–water partition coefficient (Wildman–Crippen LogP) is 4.25. The van der Waals surface area contributed by atoms with Crippen molar-refractivity contribution in [3.8, 4) is 0 Å². The Bertz CT molecular complexity index is 286. The van der Waals surface area contributed by atoms with Crippen LogP contribution < -0.4 is 0 Å². The Morgan fingerprint density at radius 2 is 1.62 bits per heavy atom. The molecule has 1 saturated carbocycles. The van der Waals surface area contributed by atoms with Gasteiger partial charge in [0, 0.05) is 18.6 Å². The topological polar surface area (TPSA) is 6.48 Å². The summed E-state index contributed by atoms with van der Waals surface area (Å²) >= 11 is 0. The van der Waals surface area contributed by atoms with Gasteiger partial charge in [0.25, 0.3) is 0 Å². The van der Waals surface area contributed by atoms with Crippen molar-refractivity contribution in [2.45, 2.75) is 78.8 Å². The highest BCUT2D eigenvalue weighted by atomic mass is 15.2. The molecule has 0 bridgehead atoms. The zero-order valence-corrected chi connectivity index (χ0v) is 15.1. The van der Waals surface area contributed by atoms with Crippen molar-refractivity contribution in [1.29, 1.82) is 0 Å². The van der Waals surface area contributed by atoms with Gasteiger partial charge in [0.15, 0.2) is 0 Å². The van der Waals surface area contributed by atoms with Gasteiger partial charge >= 0.3 is 0 Å². The standard InChI is InChI=1S/C19H38N2/c1-6-20(19-12-18(13-19)11-15(2)3)14-17-7-9-21(10-8-17)16(4)5/h15-19H,6-14H2,1-5H3. The molecule has 2 rings (SSSR count). The first kappa shape index (κ1) is 17.3. The molecule has 1 aliphatic carbocycles. The van der Waals surface area contributed by atoms with Crippen LogP contribution in [-0.2, 0) is 0 Å². The summed E-state index contributed by atoms with van der Waals surface area (Å²) in [5.74, 6) is 2.85. The van der Waals surface area contributed by atoms with E-state index in [9.17, 15) is 0 Å². The van der Waals surface area contributed by atoms with Crippen molar-refractivity contribution in [3.63, 3.8) is 0 Å². The van der Waals surface area contributed by atoms with Crippen LogP contribution in [0.15, 0.2) is 0 Å². The first-order valence-electron chi connectivity index (χ1n) is 9.47. The van der Waals surface area contributed by atoms with E-state index in [1.807, 2.05) is 0 Å². The Labute approximate surface area is 133 Å². The molecule has 0 unspecified atom stereocenters. The molecule has 0 amide bonds. The van der Waals surface area contributed by atoms with E-state index in [-0.39, 0.29) is 0 Å². The number of likely N-dealkylation sites (tertiary alicyclic amines) is 1. The van der Waals surface area contributed by atoms with Crippen molar-refractivity contribution in [2.24, 2.45) is 17.8 Å². The molecule has 2 heteroatoms. The van der Waals surface area contributed by atoms with Gasteiger partial charge in [-0.15, -0.1) is 0 Å². The van der Waals surface area contributed by atoms with Crippen molar-refractivity contribution in [3.05, 3.63) is 0 Å². The molecule has 21 heavy (non-hydrogen) atoms. The largest absolute Gasteiger partial charge is 0.301 e. The average molecular weight is 295 g/mol. The number of nitrogens with zero attached hydrogens (tertiary/aromatic N) is 2. The highest BCUT2D eigenvalue weighted by molar-refractivity contribution is 4.88. The second kappa shape index (κ2) is 7.97. The lowest BCUT2D eigenvalue weighted by Gasteiger charge is -2.45. The summed E-state index contributed by atoms with van der Waals surface area (Å²) in [4.78, 5) is 5.45. The van der Waals surface area contributed by atoms with E-state index in [4.69, 9.17) is 0 Å². The number of hydrogen-bond donors (Lipinski definition) is 0.